The van der Waals surface area contributed by atoms with Crippen molar-refractivity contribution in [2.24, 2.45) is 0 Å². The first-order valence-electron chi connectivity index (χ1n) is 15.9. The van der Waals surface area contributed by atoms with Gasteiger partial charge in [-0.3, -0.25) is 0 Å². The zero-order valence-corrected chi connectivity index (χ0v) is 26.2. The van der Waals surface area contributed by atoms with Crippen LogP contribution in [0.15, 0.2) is 168 Å². The van der Waals surface area contributed by atoms with Crippen LogP contribution in [-0.2, 0) is 0 Å². The second kappa shape index (κ2) is 10.3. The van der Waals surface area contributed by atoms with E-state index in [1.54, 1.807) is 0 Å². The van der Waals surface area contributed by atoms with Crippen LogP contribution >= 0.6 is 11.3 Å². The van der Waals surface area contributed by atoms with Crippen molar-refractivity contribution in [3.8, 4) is 11.1 Å². The average molecular weight is 618 g/mol. The molecule has 0 aliphatic carbocycles. The fraction of sp³-hybridized carbons (Fsp3) is 0. The fourth-order valence-corrected chi connectivity index (χ4v) is 8.62. The lowest BCUT2D eigenvalue weighted by Crippen LogP contribution is -2.11. The minimum absolute atomic E-state index is 0.898. The third-order valence-electron chi connectivity index (χ3n) is 9.44. The maximum atomic E-state index is 6.80. The Morgan fingerprint density at radius 3 is 2.00 bits per heavy atom. The first kappa shape index (κ1) is 26.3. The number of thiophene rings is 1. The molecule has 0 bridgehead atoms. The summed E-state index contributed by atoms with van der Waals surface area (Å²) < 4.78 is 9.41. The van der Waals surface area contributed by atoms with Gasteiger partial charge in [-0.15, -0.1) is 11.3 Å². The van der Waals surface area contributed by atoms with E-state index in [0.717, 1.165) is 49.8 Å². The van der Waals surface area contributed by atoms with Crippen LogP contribution in [0.5, 0.6) is 0 Å². The Bertz CT molecular complexity index is 2800. The molecule has 47 heavy (non-hydrogen) atoms. The number of hydrogen-bond acceptors (Lipinski definition) is 3. The molecular weight excluding hydrogens is 591 g/mol. The maximum absolute atomic E-state index is 6.80. The molecule has 0 fully saturated rings. The predicted molar refractivity (Wildman–Crippen MR) is 202 cm³/mol. The van der Waals surface area contributed by atoms with E-state index in [-0.39, 0.29) is 0 Å². The van der Waals surface area contributed by atoms with Crippen LogP contribution in [0.2, 0.25) is 0 Å². The molecule has 0 aliphatic heterocycles. The molecule has 0 spiro atoms. The summed E-state index contributed by atoms with van der Waals surface area (Å²) in [6.45, 7) is 0. The Morgan fingerprint density at radius 1 is 0.447 bits per heavy atom. The van der Waals surface area contributed by atoms with E-state index < -0.39 is 0 Å². The maximum Gasteiger partial charge on any atom is 0.143 e. The molecule has 2 aromatic heterocycles. The highest BCUT2D eigenvalue weighted by molar-refractivity contribution is 7.26. The molecule has 0 saturated carbocycles. The van der Waals surface area contributed by atoms with Gasteiger partial charge in [-0.25, -0.2) is 0 Å². The van der Waals surface area contributed by atoms with E-state index in [4.69, 9.17) is 4.42 Å². The topological polar surface area (TPSA) is 16.4 Å². The summed E-state index contributed by atoms with van der Waals surface area (Å²) in [5, 5.41) is 9.52. The van der Waals surface area contributed by atoms with Crippen LogP contribution in [0.25, 0.3) is 74.8 Å². The molecule has 10 aromatic rings. The molecule has 2 nitrogen and oxygen atoms in total. The van der Waals surface area contributed by atoms with Crippen molar-refractivity contribution in [3.05, 3.63) is 164 Å². The SMILES string of the molecule is c1ccc(N(c2cccc3ccccc23)c2cc3c(oc4cccc(-c5cccc6c5sc5ccccc56)c43)c3ccccc23)cc1. The van der Waals surface area contributed by atoms with E-state index in [9.17, 15) is 0 Å². The van der Waals surface area contributed by atoms with Crippen molar-refractivity contribution in [2.45, 2.75) is 0 Å². The normalized spacial score (nSPS) is 11.8. The second-order valence-electron chi connectivity index (χ2n) is 12.0. The summed E-state index contributed by atoms with van der Waals surface area (Å²) in [5.41, 5.74) is 7.61. The van der Waals surface area contributed by atoms with Crippen LogP contribution in [0.3, 0.4) is 0 Å². The van der Waals surface area contributed by atoms with Gasteiger partial charge >= 0.3 is 0 Å². The quantitative estimate of drug-likeness (QED) is 0.195. The minimum atomic E-state index is 0.898. The molecule has 3 heteroatoms. The summed E-state index contributed by atoms with van der Waals surface area (Å²) in [4.78, 5) is 2.41. The van der Waals surface area contributed by atoms with Crippen LogP contribution in [-0.4, -0.2) is 0 Å². The van der Waals surface area contributed by atoms with E-state index >= 15 is 0 Å². The number of benzene rings is 8. The van der Waals surface area contributed by atoms with Crippen molar-refractivity contribution < 1.29 is 4.42 Å². The van der Waals surface area contributed by atoms with Gasteiger partial charge in [0.15, 0.2) is 0 Å². The van der Waals surface area contributed by atoms with Gasteiger partial charge in [-0.05, 0) is 47.3 Å². The van der Waals surface area contributed by atoms with Gasteiger partial charge in [0.05, 0.1) is 11.4 Å². The lowest BCUT2D eigenvalue weighted by molar-refractivity contribution is 0.673. The summed E-state index contributed by atoms with van der Waals surface area (Å²) in [7, 11) is 0. The van der Waals surface area contributed by atoms with Crippen molar-refractivity contribution in [1.29, 1.82) is 0 Å². The highest BCUT2D eigenvalue weighted by atomic mass is 32.1. The van der Waals surface area contributed by atoms with Gasteiger partial charge in [0.25, 0.3) is 0 Å². The Kier molecular flexibility index (Phi) is 5.78. The third-order valence-corrected chi connectivity index (χ3v) is 10.7. The molecule has 2 heterocycles. The molecule has 8 aromatic carbocycles. The summed E-state index contributed by atoms with van der Waals surface area (Å²) in [6, 6.07) is 58.8. The van der Waals surface area contributed by atoms with Gasteiger partial charge in [-0.1, -0.05) is 127 Å². The Hall–Kier alpha value is -5.90. The Morgan fingerprint density at radius 2 is 1.11 bits per heavy atom. The van der Waals surface area contributed by atoms with Crippen LogP contribution in [0.4, 0.5) is 17.1 Å². The van der Waals surface area contributed by atoms with Crippen molar-refractivity contribution >= 4 is 92.1 Å². The van der Waals surface area contributed by atoms with Crippen molar-refractivity contribution in [2.75, 3.05) is 4.90 Å². The second-order valence-corrected chi connectivity index (χ2v) is 13.1. The Labute approximate surface area is 275 Å². The van der Waals surface area contributed by atoms with Gasteiger partial charge < -0.3 is 9.32 Å². The number of anilines is 3. The average Bonchev–Trinajstić information content (AvgIpc) is 3.71. The smallest absolute Gasteiger partial charge is 0.143 e. The van der Waals surface area contributed by atoms with E-state index in [1.165, 1.54) is 42.1 Å². The zero-order valence-electron chi connectivity index (χ0n) is 25.4. The number of fused-ring (bicyclic) bond motifs is 9. The number of para-hydroxylation sites is 1. The number of hydrogen-bond donors (Lipinski definition) is 0. The van der Waals surface area contributed by atoms with E-state index in [0.29, 0.717) is 0 Å². The predicted octanol–water partition coefficient (Wildman–Crippen LogP) is 13.4. The number of furan rings is 1. The molecule has 0 atom stereocenters. The monoisotopic (exact) mass is 617 g/mol. The van der Waals surface area contributed by atoms with E-state index in [1.807, 2.05) is 11.3 Å². The summed E-state index contributed by atoms with van der Waals surface area (Å²) in [6.07, 6.45) is 0. The summed E-state index contributed by atoms with van der Waals surface area (Å²) >= 11 is 1.87. The molecular formula is C44H27NOS. The highest BCUT2D eigenvalue weighted by Crippen LogP contribution is 2.49. The van der Waals surface area contributed by atoms with Crippen LogP contribution in [0, 0.1) is 0 Å². The molecule has 0 N–H and O–H groups in total. The van der Waals surface area contributed by atoms with E-state index in [2.05, 4.69) is 169 Å². The molecule has 0 radical (unpaired) electrons. The summed E-state index contributed by atoms with van der Waals surface area (Å²) in [5.74, 6) is 0. The highest BCUT2D eigenvalue weighted by Gasteiger charge is 2.23. The van der Waals surface area contributed by atoms with Crippen LogP contribution < -0.4 is 4.90 Å². The lowest BCUT2D eigenvalue weighted by atomic mass is 9.96. The van der Waals surface area contributed by atoms with Gasteiger partial charge in [-0.2, -0.15) is 0 Å². The largest absolute Gasteiger partial charge is 0.455 e. The number of rotatable bonds is 4. The molecule has 0 unspecified atom stereocenters. The molecule has 220 valence electrons. The number of nitrogens with zero attached hydrogens (tertiary/aromatic N) is 1. The standard InChI is InChI=1S/C44H27NOS/c1-2-15-29(16-3-1)45(38-24-10-14-28-13-4-5-17-30(28)38)39-27-37-42-33(21-12-25-40(42)46-43(37)34-20-7-6-18-31(34)39)36-23-11-22-35-32-19-8-9-26-41(32)47-44(35)36/h1-27H. The van der Waals surface area contributed by atoms with Gasteiger partial charge in [0.2, 0.25) is 0 Å². The first-order chi connectivity index (χ1) is 23.3. The lowest BCUT2D eigenvalue weighted by Gasteiger charge is -2.28. The molecule has 10 rings (SSSR count). The van der Waals surface area contributed by atoms with Crippen LogP contribution in [0.1, 0.15) is 0 Å². The zero-order chi connectivity index (χ0) is 30.9. The Balaban J connectivity index is 1.33. The van der Waals surface area contributed by atoms with Gasteiger partial charge in [0.1, 0.15) is 11.2 Å². The third kappa shape index (κ3) is 3.97. The van der Waals surface area contributed by atoms with Gasteiger partial charge in [0, 0.05) is 58.4 Å². The minimum Gasteiger partial charge on any atom is -0.455 e. The van der Waals surface area contributed by atoms with Crippen molar-refractivity contribution in [1.82, 2.24) is 0 Å². The molecule has 0 saturated heterocycles. The fourth-order valence-electron chi connectivity index (χ4n) is 7.39. The molecule has 0 amide bonds. The first-order valence-corrected chi connectivity index (χ1v) is 16.8. The van der Waals surface area contributed by atoms with Crippen molar-refractivity contribution in [3.63, 3.8) is 0 Å². The molecule has 0 aliphatic rings.